The van der Waals surface area contributed by atoms with Crippen LogP contribution in [0, 0.1) is 5.82 Å². The van der Waals surface area contributed by atoms with Gasteiger partial charge in [0.05, 0.1) is 24.2 Å². The fourth-order valence-electron chi connectivity index (χ4n) is 3.71. The molecule has 1 saturated heterocycles. The Labute approximate surface area is 184 Å². The number of sulfone groups is 1. The average molecular weight is 448 g/mol. The summed E-state index contributed by atoms with van der Waals surface area (Å²) in [4.78, 5) is 6.45. The molecule has 1 N–H and O–H groups in total. The van der Waals surface area contributed by atoms with Gasteiger partial charge >= 0.3 is 0 Å². The molecule has 168 valence electrons. The van der Waals surface area contributed by atoms with Gasteiger partial charge in [0.15, 0.2) is 15.8 Å². The second kappa shape index (κ2) is 10.7. The highest BCUT2D eigenvalue weighted by atomic mass is 32.2. The molecule has 0 saturated carbocycles. The minimum absolute atomic E-state index is 0.0198. The topological polar surface area (TPSA) is 71.0 Å². The summed E-state index contributed by atoms with van der Waals surface area (Å²) in [6.45, 7) is 3.76. The van der Waals surface area contributed by atoms with Crippen LogP contribution in [0.15, 0.2) is 59.6 Å². The lowest BCUT2D eigenvalue weighted by molar-refractivity contribution is -0.0604. The lowest BCUT2D eigenvalue weighted by Gasteiger charge is -2.38. The van der Waals surface area contributed by atoms with Gasteiger partial charge < -0.3 is 15.0 Å². The Balaban J connectivity index is 1.51. The molecular weight excluding hydrogens is 417 g/mol. The Bertz CT molecular complexity index is 965. The van der Waals surface area contributed by atoms with Crippen molar-refractivity contribution in [1.82, 2.24) is 10.2 Å². The highest BCUT2D eigenvalue weighted by Gasteiger charge is 2.28. The largest absolute Gasteiger partial charge is 0.367 e. The average Bonchev–Trinajstić information content (AvgIpc) is 2.74. The fraction of sp³-hybridized carbons (Fsp3) is 0.435. The van der Waals surface area contributed by atoms with Gasteiger partial charge in [0.2, 0.25) is 0 Å². The highest BCUT2D eigenvalue weighted by Crippen LogP contribution is 2.25. The molecule has 1 heterocycles. The first-order valence-electron chi connectivity index (χ1n) is 10.5. The van der Waals surface area contributed by atoms with E-state index in [1.54, 1.807) is 19.2 Å². The number of ether oxygens (including phenoxy) is 1. The highest BCUT2D eigenvalue weighted by molar-refractivity contribution is 7.90. The van der Waals surface area contributed by atoms with Gasteiger partial charge in [0.1, 0.15) is 11.9 Å². The van der Waals surface area contributed by atoms with Crippen molar-refractivity contribution in [3.8, 4) is 0 Å². The number of guanidine groups is 1. The van der Waals surface area contributed by atoms with Crippen LogP contribution in [-0.4, -0.2) is 57.8 Å². The summed E-state index contributed by atoms with van der Waals surface area (Å²) in [5, 5.41) is 3.27. The van der Waals surface area contributed by atoms with Crippen LogP contribution < -0.4 is 5.32 Å². The van der Waals surface area contributed by atoms with E-state index in [0.717, 1.165) is 11.1 Å². The van der Waals surface area contributed by atoms with Gasteiger partial charge in [-0.05, 0) is 36.6 Å². The monoisotopic (exact) mass is 447 g/mol. The standard InChI is InChI=1S/C23H30FN3O3S/c1-18-15-27(16-22(30-18)20-9-11-21(24)12-10-20)23(25-2)26-13-6-14-31(28,29)17-19-7-4-3-5-8-19/h3-5,7-12,18,22H,6,13-17H2,1-2H3,(H,25,26). The molecule has 3 rings (SSSR count). The third-order valence-electron chi connectivity index (χ3n) is 5.16. The molecular formula is C23H30FN3O3S. The Morgan fingerprint density at radius 3 is 2.55 bits per heavy atom. The van der Waals surface area contributed by atoms with E-state index >= 15 is 0 Å². The van der Waals surface area contributed by atoms with Crippen molar-refractivity contribution < 1.29 is 17.5 Å². The van der Waals surface area contributed by atoms with E-state index in [9.17, 15) is 12.8 Å². The summed E-state index contributed by atoms with van der Waals surface area (Å²) >= 11 is 0. The number of hydrogen-bond donors (Lipinski definition) is 1. The lowest BCUT2D eigenvalue weighted by atomic mass is 10.1. The molecule has 0 radical (unpaired) electrons. The molecule has 2 atom stereocenters. The molecule has 31 heavy (non-hydrogen) atoms. The normalized spacial score (nSPS) is 20.0. The van der Waals surface area contributed by atoms with E-state index in [4.69, 9.17) is 4.74 Å². The van der Waals surface area contributed by atoms with Crippen molar-refractivity contribution >= 4 is 15.8 Å². The second-order valence-corrected chi connectivity index (χ2v) is 9.98. The van der Waals surface area contributed by atoms with Crippen LogP contribution in [0.2, 0.25) is 0 Å². The third-order valence-corrected chi connectivity index (χ3v) is 6.84. The number of nitrogens with one attached hydrogen (secondary N) is 1. The molecule has 0 spiro atoms. The van der Waals surface area contributed by atoms with Crippen molar-refractivity contribution in [2.24, 2.45) is 4.99 Å². The van der Waals surface area contributed by atoms with Crippen LogP contribution in [0.25, 0.3) is 0 Å². The summed E-state index contributed by atoms with van der Waals surface area (Å²) in [6.07, 6.45) is 0.290. The minimum Gasteiger partial charge on any atom is -0.367 e. The molecule has 1 fully saturated rings. The smallest absolute Gasteiger partial charge is 0.193 e. The first-order chi connectivity index (χ1) is 14.9. The summed E-state index contributed by atoms with van der Waals surface area (Å²) in [7, 11) is -1.46. The second-order valence-electron chi connectivity index (χ2n) is 7.80. The first-order valence-corrected chi connectivity index (χ1v) is 12.3. The number of rotatable bonds is 7. The van der Waals surface area contributed by atoms with Crippen LogP contribution in [-0.2, 0) is 20.3 Å². The summed E-state index contributed by atoms with van der Waals surface area (Å²) in [6, 6.07) is 15.6. The van der Waals surface area contributed by atoms with Crippen LogP contribution >= 0.6 is 0 Å². The number of hydrogen-bond acceptors (Lipinski definition) is 4. The van der Waals surface area contributed by atoms with Crippen LogP contribution in [0.1, 0.15) is 30.6 Å². The van der Waals surface area contributed by atoms with Gasteiger partial charge in [-0.1, -0.05) is 42.5 Å². The Hall–Kier alpha value is -2.45. The van der Waals surface area contributed by atoms with Crippen LogP contribution in [0.4, 0.5) is 4.39 Å². The summed E-state index contributed by atoms with van der Waals surface area (Å²) in [5.74, 6) is 0.610. The van der Waals surface area contributed by atoms with Gasteiger partial charge in [-0.3, -0.25) is 4.99 Å². The number of halogens is 1. The SMILES string of the molecule is CN=C(NCCCS(=O)(=O)Cc1ccccc1)N1CC(C)OC(c2ccc(F)cc2)C1. The quantitative estimate of drug-likeness (QED) is 0.401. The van der Waals surface area contributed by atoms with Gasteiger partial charge in [-0.2, -0.15) is 0 Å². The van der Waals surface area contributed by atoms with E-state index in [-0.39, 0.29) is 29.5 Å². The molecule has 2 aromatic carbocycles. The zero-order chi connectivity index (χ0) is 22.3. The van der Waals surface area contributed by atoms with Gasteiger partial charge in [0.25, 0.3) is 0 Å². The Morgan fingerprint density at radius 2 is 1.87 bits per heavy atom. The van der Waals surface area contributed by atoms with E-state index in [1.807, 2.05) is 37.3 Å². The maximum absolute atomic E-state index is 13.2. The summed E-state index contributed by atoms with van der Waals surface area (Å²) < 4.78 is 44.0. The summed E-state index contributed by atoms with van der Waals surface area (Å²) in [5.41, 5.74) is 1.72. The van der Waals surface area contributed by atoms with Crippen LogP contribution in [0.3, 0.4) is 0 Å². The van der Waals surface area contributed by atoms with Crippen molar-refractivity contribution in [3.63, 3.8) is 0 Å². The molecule has 6 nitrogen and oxygen atoms in total. The van der Waals surface area contributed by atoms with Crippen molar-refractivity contribution in [1.29, 1.82) is 0 Å². The number of morpholine rings is 1. The molecule has 0 aliphatic carbocycles. The predicted octanol–water partition coefficient (Wildman–Crippen LogP) is 3.17. The minimum atomic E-state index is -3.17. The first kappa shape index (κ1) is 23.2. The lowest BCUT2D eigenvalue weighted by Crippen LogP contribution is -2.51. The molecule has 0 aromatic heterocycles. The molecule has 0 amide bonds. The fourth-order valence-corrected chi connectivity index (χ4v) is 5.14. The van der Waals surface area contributed by atoms with Crippen LogP contribution in [0.5, 0.6) is 0 Å². The van der Waals surface area contributed by atoms with Crippen molar-refractivity contribution in [3.05, 3.63) is 71.5 Å². The van der Waals surface area contributed by atoms with Gasteiger partial charge in [0, 0.05) is 20.1 Å². The van der Waals surface area contributed by atoms with E-state index in [0.29, 0.717) is 32.0 Å². The molecule has 2 aromatic rings. The molecule has 1 aliphatic heterocycles. The maximum Gasteiger partial charge on any atom is 0.193 e. The maximum atomic E-state index is 13.2. The third kappa shape index (κ3) is 7.04. The molecule has 8 heteroatoms. The van der Waals surface area contributed by atoms with E-state index in [1.165, 1.54) is 12.1 Å². The van der Waals surface area contributed by atoms with E-state index < -0.39 is 9.84 Å². The number of benzene rings is 2. The molecule has 1 aliphatic rings. The molecule has 2 unspecified atom stereocenters. The van der Waals surface area contributed by atoms with Gasteiger partial charge in [-0.15, -0.1) is 0 Å². The number of nitrogens with zero attached hydrogens (tertiary/aromatic N) is 2. The van der Waals surface area contributed by atoms with Gasteiger partial charge in [-0.25, -0.2) is 12.8 Å². The zero-order valence-corrected chi connectivity index (χ0v) is 18.8. The predicted molar refractivity (Wildman–Crippen MR) is 121 cm³/mol. The van der Waals surface area contributed by atoms with Crippen molar-refractivity contribution in [2.75, 3.05) is 32.4 Å². The van der Waals surface area contributed by atoms with E-state index in [2.05, 4.69) is 15.2 Å². The Kier molecular flexibility index (Phi) is 8.03. The number of aliphatic imine (C=N–C) groups is 1. The zero-order valence-electron chi connectivity index (χ0n) is 18.0. The van der Waals surface area contributed by atoms with Crippen molar-refractivity contribution in [2.45, 2.75) is 31.3 Å². The Morgan fingerprint density at radius 1 is 1.16 bits per heavy atom. The molecule has 0 bridgehead atoms.